The summed E-state index contributed by atoms with van der Waals surface area (Å²) in [6, 6.07) is 4.61. The van der Waals surface area contributed by atoms with Crippen LogP contribution < -0.4 is 10.1 Å². The second kappa shape index (κ2) is 7.60. The molecule has 0 aromatic carbocycles. The van der Waals surface area contributed by atoms with Gasteiger partial charge in [-0.1, -0.05) is 6.92 Å². The van der Waals surface area contributed by atoms with Crippen molar-refractivity contribution in [3.05, 3.63) is 23.5 Å². The third kappa shape index (κ3) is 4.46. The molecule has 0 radical (unpaired) electrons. The minimum Gasteiger partial charge on any atom is -0.497 e. The van der Waals surface area contributed by atoms with Crippen molar-refractivity contribution >= 4 is 0 Å². The number of likely N-dealkylation sites (tertiary alicyclic amines) is 1. The Morgan fingerprint density at radius 2 is 2.10 bits per heavy atom. The van der Waals surface area contributed by atoms with Crippen LogP contribution in [0.1, 0.15) is 37.6 Å². The Labute approximate surface area is 122 Å². The topological polar surface area (TPSA) is 37.4 Å². The molecule has 1 aromatic heterocycles. The molecular formula is C16H27N3O. The van der Waals surface area contributed by atoms with Gasteiger partial charge >= 0.3 is 0 Å². The summed E-state index contributed by atoms with van der Waals surface area (Å²) in [6.07, 6.45) is 3.73. The van der Waals surface area contributed by atoms with E-state index in [1.54, 1.807) is 7.11 Å². The van der Waals surface area contributed by atoms with Crippen LogP contribution in [0.15, 0.2) is 12.1 Å². The number of hydrogen-bond acceptors (Lipinski definition) is 4. The van der Waals surface area contributed by atoms with Crippen molar-refractivity contribution < 1.29 is 4.74 Å². The van der Waals surface area contributed by atoms with Crippen molar-refractivity contribution in [1.82, 2.24) is 15.2 Å². The zero-order valence-corrected chi connectivity index (χ0v) is 13.0. The molecule has 1 N–H and O–H groups in total. The molecule has 0 saturated carbocycles. The van der Waals surface area contributed by atoms with Crippen LogP contribution in [0, 0.1) is 6.92 Å². The van der Waals surface area contributed by atoms with Gasteiger partial charge in [-0.3, -0.25) is 4.98 Å². The van der Waals surface area contributed by atoms with Crippen LogP contribution in [0.5, 0.6) is 5.75 Å². The average molecular weight is 277 g/mol. The number of aryl methyl sites for hydroxylation is 1. The first-order valence-corrected chi connectivity index (χ1v) is 7.68. The van der Waals surface area contributed by atoms with Gasteiger partial charge in [0.15, 0.2) is 0 Å². The van der Waals surface area contributed by atoms with E-state index >= 15 is 0 Å². The maximum atomic E-state index is 5.29. The molecular weight excluding hydrogens is 250 g/mol. The first-order chi connectivity index (χ1) is 9.71. The van der Waals surface area contributed by atoms with E-state index < -0.39 is 0 Å². The van der Waals surface area contributed by atoms with Crippen LogP contribution in [-0.2, 0) is 6.54 Å². The van der Waals surface area contributed by atoms with Gasteiger partial charge in [0.25, 0.3) is 0 Å². The minimum absolute atomic E-state index is 0.622. The Bertz CT molecular complexity index is 414. The van der Waals surface area contributed by atoms with E-state index in [9.17, 15) is 0 Å². The van der Waals surface area contributed by atoms with Crippen molar-refractivity contribution in [2.24, 2.45) is 0 Å². The SMILES string of the molecule is CCCN1CCC(NCc2cc(OC)cc(C)n2)CC1. The fourth-order valence-electron chi connectivity index (χ4n) is 2.84. The van der Waals surface area contributed by atoms with Gasteiger partial charge in [0, 0.05) is 30.4 Å². The first kappa shape index (κ1) is 15.3. The molecule has 0 bridgehead atoms. The van der Waals surface area contributed by atoms with E-state index in [1.165, 1.54) is 38.9 Å². The summed E-state index contributed by atoms with van der Waals surface area (Å²) in [4.78, 5) is 7.12. The third-order valence-electron chi connectivity index (χ3n) is 3.91. The van der Waals surface area contributed by atoms with Crippen molar-refractivity contribution in [3.8, 4) is 5.75 Å². The summed E-state index contributed by atoms with van der Waals surface area (Å²) in [7, 11) is 1.70. The molecule has 1 aliphatic rings. The lowest BCUT2D eigenvalue weighted by Crippen LogP contribution is -2.42. The van der Waals surface area contributed by atoms with Gasteiger partial charge in [0.2, 0.25) is 0 Å². The van der Waals surface area contributed by atoms with Crippen molar-refractivity contribution in [2.45, 2.75) is 45.7 Å². The van der Waals surface area contributed by atoms with Crippen LogP contribution in [0.25, 0.3) is 0 Å². The lowest BCUT2D eigenvalue weighted by Gasteiger charge is -2.32. The van der Waals surface area contributed by atoms with Crippen LogP contribution in [0.4, 0.5) is 0 Å². The molecule has 0 amide bonds. The monoisotopic (exact) mass is 277 g/mol. The van der Waals surface area contributed by atoms with Gasteiger partial charge in [0.1, 0.15) is 5.75 Å². The molecule has 4 heteroatoms. The maximum Gasteiger partial charge on any atom is 0.122 e. The van der Waals surface area contributed by atoms with Crippen molar-refractivity contribution in [3.63, 3.8) is 0 Å². The predicted octanol–water partition coefficient (Wildman–Crippen LogP) is 2.36. The van der Waals surface area contributed by atoms with E-state index in [1.807, 2.05) is 19.1 Å². The normalized spacial score (nSPS) is 17.4. The van der Waals surface area contributed by atoms with Crippen LogP contribution in [-0.4, -0.2) is 42.7 Å². The van der Waals surface area contributed by atoms with Crippen LogP contribution in [0.3, 0.4) is 0 Å². The number of rotatable bonds is 6. The summed E-state index contributed by atoms with van der Waals surface area (Å²) in [5, 5.41) is 3.63. The summed E-state index contributed by atoms with van der Waals surface area (Å²) >= 11 is 0. The highest BCUT2D eigenvalue weighted by molar-refractivity contribution is 5.26. The third-order valence-corrected chi connectivity index (χ3v) is 3.91. The lowest BCUT2D eigenvalue weighted by molar-refractivity contribution is 0.197. The Morgan fingerprint density at radius 3 is 2.75 bits per heavy atom. The fourth-order valence-corrected chi connectivity index (χ4v) is 2.84. The standard InChI is InChI=1S/C16H27N3O/c1-4-7-19-8-5-14(6-9-19)17-12-15-11-16(20-3)10-13(2)18-15/h10-11,14,17H,4-9,12H2,1-3H3. The van der Waals surface area contributed by atoms with E-state index in [4.69, 9.17) is 4.74 Å². The van der Waals surface area contributed by atoms with E-state index in [-0.39, 0.29) is 0 Å². The number of hydrogen-bond donors (Lipinski definition) is 1. The zero-order valence-electron chi connectivity index (χ0n) is 13.0. The van der Waals surface area contributed by atoms with Gasteiger partial charge in [-0.25, -0.2) is 0 Å². The smallest absolute Gasteiger partial charge is 0.122 e. The molecule has 1 aliphatic heterocycles. The van der Waals surface area contributed by atoms with Gasteiger partial charge in [0.05, 0.1) is 12.8 Å². The second-order valence-electron chi connectivity index (χ2n) is 5.64. The fraction of sp³-hybridized carbons (Fsp3) is 0.688. The number of nitrogens with zero attached hydrogens (tertiary/aromatic N) is 2. The average Bonchev–Trinajstić information content (AvgIpc) is 2.46. The van der Waals surface area contributed by atoms with Gasteiger partial charge in [-0.15, -0.1) is 0 Å². The first-order valence-electron chi connectivity index (χ1n) is 7.68. The number of piperidine rings is 1. The largest absolute Gasteiger partial charge is 0.497 e. The molecule has 20 heavy (non-hydrogen) atoms. The molecule has 1 fully saturated rings. The molecule has 1 aromatic rings. The number of methoxy groups -OCH3 is 1. The van der Waals surface area contributed by atoms with Crippen LogP contribution >= 0.6 is 0 Å². The van der Waals surface area contributed by atoms with E-state index in [0.717, 1.165) is 23.7 Å². The number of ether oxygens (including phenoxy) is 1. The molecule has 0 atom stereocenters. The molecule has 2 rings (SSSR count). The summed E-state index contributed by atoms with van der Waals surface area (Å²) < 4.78 is 5.29. The van der Waals surface area contributed by atoms with E-state index in [0.29, 0.717) is 6.04 Å². The molecule has 112 valence electrons. The molecule has 0 spiro atoms. The molecule has 2 heterocycles. The molecule has 0 aliphatic carbocycles. The van der Waals surface area contributed by atoms with Gasteiger partial charge < -0.3 is 15.0 Å². The van der Waals surface area contributed by atoms with Crippen molar-refractivity contribution in [1.29, 1.82) is 0 Å². The van der Waals surface area contributed by atoms with Crippen molar-refractivity contribution in [2.75, 3.05) is 26.7 Å². The summed E-state index contributed by atoms with van der Waals surface area (Å²) in [6.45, 7) is 8.77. The molecule has 4 nitrogen and oxygen atoms in total. The zero-order chi connectivity index (χ0) is 14.4. The second-order valence-corrected chi connectivity index (χ2v) is 5.64. The number of pyridine rings is 1. The molecule has 1 saturated heterocycles. The number of nitrogens with one attached hydrogen (secondary N) is 1. The quantitative estimate of drug-likeness (QED) is 0.866. The van der Waals surface area contributed by atoms with E-state index in [2.05, 4.69) is 22.1 Å². The minimum atomic E-state index is 0.622. The van der Waals surface area contributed by atoms with Crippen LogP contribution in [0.2, 0.25) is 0 Å². The van der Waals surface area contributed by atoms with Gasteiger partial charge in [-0.05, 0) is 45.8 Å². The maximum absolute atomic E-state index is 5.29. The van der Waals surface area contributed by atoms with Gasteiger partial charge in [-0.2, -0.15) is 0 Å². The highest BCUT2D eigenvalue weighted by Crippen LogP contribution is 2.15. The Balaban J connectivity index is 1.80. The Morgan fingerprint density at radius 1 is 1.35 bits per heavy atom. The Hall–Kier alpha value is -1.13. The lowest BCUT2D eigenvalue weighted by atomic mass is 10.0. The highest BCUT2D eigenvalue weighted by Gasteiger charge is 2.18. The molecule has 0 unspecified atom stereocenters. The Kier molecular flexibility index (Phi) is 5.80. The summed E-state index contributed by atoms with van der Waals surface area (Å²) in [5.41, 5.74) is 2.08. The predicted molar refractivity (Wildman–Crippen MR) is 82.1 cm³/mol. The number of aromatic nitrogens is 1. The summed E-state index contributed by atoms with van der Waals surface area (Å²) in [5.74, 6) is 0.895. The highest BCUT2D eigenvalue weighted by atomic mass is 16.5.